The first-order valence-electron chi connectivity index (χ1n) is 9.31. The van der Waals surface area contributed by atoms with Gasteiger partial charge in [0.25, 0.3) is 0 Å². The van der Waals surface area contributed by atoms with Gasteiger partial charge in [0.2, 0.25) is 0 Å². The molecule has 35 heavy (non-hydrogen) atoms. The largest absolute Gasteiger partial charge is 0.502 e. The van der Waals surface area contributed by atoms with Crippen LogP contribution >= 0.6 is 0 Å². The van der Waals surface area contributed by atoms with E-state index in [2.05, 4.69) is 0 Å². The lowest BCUT2D eigenvalue weighted by Gasteiger charge is -2.37. The summed E-state index contributed by atoms with van der Waals surface area (Å²) in [6.45, 7) is 0. The summed E-state index contributed by atoms with van der Waals surface area (Å²) in [5.41, 5.74) is -9.76. The molecule has 0 unspecified atom stereocenters. The van der Waals surface area contributed by atoms with Gasteiger partial charge < -0.3 is 10.2 Å². The molecule has 0 aliphatic heterocycles. The number of nitro benzene ring substituents is 2. The van der Waals surface area contributed by atoms with Crippen molar-refractivity contribution in [2.24, 2.45) is 0 Å². The van der Waals surface area contributed by atoms with Crippen molar-refractivity contribution >= 4 is 11.4 Å². The predicted octanol–water partition coefficient (Wildman–Crippen LogP) is 5.83. The van der Waals surface area contributed by atoms with E-state index in [1.54, 1.807) is 0 Å². The summed E-state index contributed by atoms with van der Waals surface area (Å²) in [7, 11) is 0. The Kier molecular flexibility index (Phi) is 6.10. The minimum atomic E-state index is -5.44. The van der Waals surface area contributed by atoms with Crippen LogP contribution < -0.4 is 0 Å². The van der Waals surface area contributed by atoms with E-state index in [1.165, 1.54) is 0 Å². The minimum Gasteiger partial charge on any atom is -0.502 e. The van der Waals surface area contributed by atoms with E-state index >= 15 is 0 Å². The fourth-order valence-corrected chi connectivity index (χ4v) is 3.71. The first-order valence-corrected chi connectivity index (χ1v) is 9.31. The van der Waals surface area contributed by atoms with Crippen molar-refractivity contribution < 1.29 is 46.4 Å². The molecule has 3 rings (SSSR count). The Morgan fingerprint density at radius 3 is 1.26 bits per heavy atom. The normalized spacial score (nSPS) is 12.4. The van der Waals surface area contributed by atoms with Crippen LogP contribution in [0.5, 0.6) is 11.5 Å². The van der Waals surface area contributed by atoms with Crippen molar-refractivity contribution in [3.63, 3.8) is 0 Å². The molecule has 0 heterocycles. The summed E-state index contributed by atoms with van der Waals surface area (Å²) in [5.74, 6) is -1.97. The van der Waals surface area contributed by atoms with Gasteiger partial charge >= 0.3 is 23.7 Å². The number of nitro groups is 2. The van der Waals surface area contributed by atoms with Crippen molar-refractivity contribution in [1.82, 2.24) is 0 Å². The Morgan fingerprint density at radius 2 is 0.943 bits per heavy atom. The van der Waals surface area contributed by atoms with Gasteiger partial charge in [-0.15, -0.1) is 0 Å². The van der Waals surface area contributed by atoms with Gasteiger partial charge in [-0.3, -0.25) is 20.2 Å². The molecule has 184 valence electrons. The molecule has 0 aromatic heterocycles. The maximum atomic E-state index is 14.9. The molecule has 0 spiro atoms. The summed E-state index contributed by atoms with van der Waals surface area (Å²) < 4.78 is 84.0. The maximum Gasteiger partial charge on any atom is 0.416 e. The lowest BCUT2D eigenvalue weighted by Crippen LogP contribution is -2.44. The van der Waals surface area contributed by atoms with Gasteiger partial charge in [-0.05, 0) is 41.0 Å². The third kappa shape index (κ3) is 4.29. The van der Waals surface area contributed by atoms with Crippen LogP contribution in [0.4, 0.5) is 37.7 Å². The number of aromatic hydroxyl groups is 2. The number of nitrogens with zero attached hydrogens (tertiary/aromatic N) is 2. The molecule has 0 amide bonds. The number of hydrogen-bond acceptors (Lipinski definition) is 6. The van der Waals surface area contributed by atoms with Gasteiger partial charge in [-0.25, -0.2) is 0 Å². The zero-order valence-electron chi connectivity index (χ0n) is 17.0. The number of phenols is 2. The van der Waals surface area contributed by atoms with Crippen molar-refractivity contribution in [2.75, 3.05) is 0 Å². The van der Waals surface area contributed by atoms with Gasteiger partial charge in [-0.1, -0.05) is 24.3 Å². The van der Waals surface area contributed by atoms with Crippen LogP contribution in [0, 0.1) is 20.2 Å². The third-order valence-corrected chi connectivity index (χ3v) is 5.28. The highest BCUT2D eigenvalue weighted by Crippen LogP contribution is 2.53. The molecule has 3 aromatic rings. The second kappa shape index (κ2) is 8.45. The molecule has 0 aliphatic carbocycles. The highest BCUT2D eigenvalue weighted by Gasteiger charge is 2.59. The number of rotatable bonds is 5. The summed E-state index contributed by atoms with van der Waals surface area (Å²) in [4.78, 5) is 20.2. The molecule has 0 fully saturated rings. The minimum absolute atomic E-state index is 0.361. The number of alkyl halides is 6. The zero-order chi connectivity index (χ0) is 26.3. The molecular formula is C21H12F6N2O6. The fraction of sp³-hybridized carbons (Fsp3) is 0.143. The SMILES string of the molecule is O=[N+]([O-])c1cc(C(c2ccc(C(F)(F)F)cc2)(c2ccc(O)c([N+](=O)[O-])c2)C(F)(F)F)ccc1O. The quantitative estimate of drug-likeness (QED) is 0.196. The van der Waals surface area contributed by atoms with Crippen molar-refractivity contribution in [2.45, 2.75) is 17.8 Å². The van der Waals surface area contributed by atoms with Crippen LogP contribution in [0.3, 0.4) is 0 Å². The Bertz CT molecular complexity index is 1240. The molecule has 0 saturated carbocycles. The molecule has 0 radical (unpaired) electrons. The summed E-state index contributed by atoms with van der Waals surface area (Å²) in [6, 6.07) is 4.96. The van der Waals surface area contributed by atoms with E-state index in [9.17, 15) is 56.8 Å². The third-order valence-electron chi connectivity index (χ3n) is 5.28. The van der Waals surface area contributed by atoms with Gasteiger partial charge in [0.05, 0.1) is 15.4 Å². The number of benzene rings is 3. The van der Waals surface area contributed by atoms with Crippen LogP contribution in [-0.2, 0) is 11.6 Å². The van der Waals surface area contributed by atoms with Crippen molar-refractivity contribution in [1.29, 1.82) is 0 Å². The van der Waals surface area contributed by atoms with Gasteiger partial charge in [-0.2, -0.15) is 26.3 Å². The molecule has 8 nitrogen and oxygen atoms in total. The van der Waals surface area contributed by atoms with Crippen LogP contribution in [0.1, 0.15) is 22.3 Å². The average Bonchev–Trinajstić information content (AvgIpc) is 2.74. The lowest BCUT2D eigenvalue weighted by molar-refractivity contribution is -0.386. The van der Waals surface area contributed by atoms with Crippen molar-refractivity contribution in [3.05, 3.63) is 103 Å². The molecule has 2 N–H and O–H groups in total. The monoisotopic (exact) mass is 502 g/mol. The summed E-state index contributed by atoms with van der Waals surface area (Å²) in [5, 5.41) is 42.0. The fourth-order valence-electron chi connectivity index (χ4n) is 3.71. The lowest BCUT2D eigenvalue weighted by atomic mass is 9.68. The van der Waals surface area contributed by atoms with Crippen LogP contribution in [0.15, 0.2) is 60.7 Å². The molecule has 0 bridgehead atoms. The molecular weight excluding hydrogens is 490 g/mol. The number of phenolic OH excluding ortho intramolecular Hbond substituents is 2. The van der Waals surface area contributed by atoms with E-state index < -0.39 is 72.7 Å². The molecule has 3 aromatic carbocycles. The molecule has 0 aliphatic rings. The predicted molar refractivity (Wildman–Crippen MR) is 107 cm³/mol. The first kappa shape index (κ1) is 25.3. The van der Waals surface area contributed by atoms with Crippen LogP contribution in [0.2, 0.25) is 0 Å². The van der Waals surface area contributed by atoms with Crippen LogP contribution in [-0.4, -0.2) is 26.2 Å². The van der Waals surface area contributed by atoms with Crippen LogP contribution in [0.25, 0.3) is 0 Å². The smallest absolute Gasteiger partial charge is 0.416 e. The van der Waals surface area contributed by atoms with E-state index in [-0.39, 0.29) is 0 Å². The van der Waals surface area contributed by atoms with E-state index in [4.69, 9.17) is 0 Å². The highest BCUT2D eigenvalue weighted by molar-refractivity contribution is 5.61. The maximum absolute atomic E-state index is 14.9. The Hall–Kier alpha value is -4.36. The molecule has 14 heteroatoms. The molecule has 0 atom stereocenters. The van der Waals surface area contributed by atoms with E-state index in [1.807, 2.05) is 0 Å². The second-order valence-corrected chi connectivity index (χ2v) is 7.24. The Morgan fingerprint density at radius 1 is 0.600 bits per heavy atom. The number of halogens is 6. The first-order chi connectivity index (χ1) is 16.1. The second-order valence-electron chi connectivity index (χ2n) is 7.24. The average molecular weight is 502 g/mol. The molecule has 0 saturated heterocycles. The van der Waals surface area contributed by atoms with Crippen molar-refractivity contribution in [3.8, 4) is 11.5 Å². The zero-order valence-corrected chi connectivity index (χ0v) is 17.0. The Balaban J connectivity index is 2.50. The Labute approximate surface area is 191 Å². The van der Waals surface area contributed by atoms with E-state index in [0.29, 0.717) is 60.7 Å². The standard InChI is InChI=1S/C21H12F6N2O6/c22-20(23,24)12-3-1-11(2-4-12)19(21(25,26)27,13-5-7-17(30)15(9-13)28(32)33)14-6-8-18(31)16(10-14)29(34)35/h1-10,30-31H. The summed E-state index contributed by atoms with van der Waals surface area (Å²) in [6.07, 6.45) is -10.3. The van der Waals surface area contributed by atoms with Gasteiger partial charge in [0, 0.05) is 12.1 Å². The van der Waals surface area contributed by atoms with Gasteiger partial charge in [0.1, 0.15) is 5.41 Å². The summed E-state index contributed by atoms with van der Waals surface area (Å²) >= 11 is 0. The van der Waals surface area contributed by atoms with E-state index in [0.717, 1.165) is 0 Å². The van der Waals surface area contributed by atoms with Gasteiger partial charge in [0.15, 0.2) is 11.5 Å². The topological polar surface area (TPSA) is 127 Å². The number of hydrogen-bond donors (Lipinski definition) is 2. The highest BCUT2D eigenvalue weighted by atomic mass is 19.4.